The standard InChI is InChI=1S/C11H12N4O/c1-7-4-3-5-12-9(7)11(16)14-10-8(2)6-13-15-10/h3-6H,1-2H3,(H2,13,14,15,16). The lowest BCUT2D eigenvalue weighted by Crippen LogP contribution is -2.15. The largest absolute Gasteiger partial charge is 0.305 e. The number of nitrogens with one attached hydrogen (secondary N) is 2. The zero-order valence-electron chi connectivity index (χ0n) is 9.11. The van der Waals surface area contributed by atoms with Gasteiger partial charge < -0.3 is 5.32 Å². The van der Waals surface area contributed by atoms with Gasteiger partial charge in [-0.1, -0.05) is 6.07 Å². The van der Waals surface area contributed by atoms with Gasteiger partial charge in [0.1, 0.15) is 11.5 Å². The molecule has 82 valence electrons. The van der Waals surface area contributed by atoms with Crippen molar-refractivity contribution in [3.63, 3.8) is 0 Å². The highest BCUT2D eigenvalue weighted by Crippen LogP contribution is 2.11. The molecule has 0 atom stereocenters. The van der Waals surface area contributed by atoms with Crippen LogP contribution < -0.4 is 5.32 Å². The highest BCUT2D eigenvalue weighted by Gasteiger charge is 2.11. The molecule has 5 heteroatoms. The summed E-state index contributed by atoms with van der Waals surface area (Å²) in [6, 6.07) is 3.65. The number of carbonyl (C=O) groups excluding carboxylic acids is 1. The van der Waals surface area contributed by atoms with E-state index in [0.717, 1.165) is 11.1 Å². The van der Waals surface area contributed by atoms with E-state index >= 15 is 0 Å². The van der Waals surface area contributed by atoms with Crippen LogP contribution >= 0.6 is 0 Å². The van der Waals surface area contributed by atoms with Crippen molar-refractivity contribution in [1.82, 2.24) is 15.2 Å². The van der Waals surface area contributed by atoms with Gasteiger partial charge >= 0.3 is 0 Å². The monoisotopic (exact) mass is 216 g/mol. The number of rotatable bonds is 2. The fraction of sp³-hybridized carbons (Fsp3) is 0.182. The molecule has 2 rings (SSSR count). The van der Waals surface area contributed by atoms with Gasteiger partial charge in [0, 0.05) is 11.8 Å². The number of aromatic nitrogens is 3. The van der Waals surface area contributed by atoms with E-state index in [4.69, 9.17) is 0 Å². The molecule has 2 heterocycles. The second-order valence-electron chi connectivity index (χ2n) is 3.55. The lowest BCUT2D eigenvalue weighted by atomic mass is 10.2. The van der Waals surface area contributed by atoms with Crippen molar-refractivity contribution in [2.75, 3.05) is 5.32 Å². The summed E-state index contributed by atoms with van der Waals surface area (Å²) >= 11 is 0. The summed E-state index contributed by atoms with van der Waals surface area (Å²) in [4.78, 5) is 15.9. The summed E-state index contributed by atoms with van der Waals surface area (Å²) in [5.74, 6) is 0.375. The first-order chi connectivity index (χ1) is 7.68. The number of anilines is 1. The van der Waals surface area contributed by atoms with E-state index in [2.05, 4.69) is 20.5 Å². The number of hydrogen-bond acceptors (Lipinski definition) is 3. The van der Waals surface area contributed by atoms with Crippen molar-refractivity contribution >= 4 is 11.7 Å². The normalized spacial score (nSPS) is 10.1. The Morgan fingerprint density at radius 2 is 2.19 bits per heavy atom. The van der Waals surface area contributed by atoms with Crippen molar-refractivity contribution in [3.8, 4) is 0 Å². The molecule has 0 bridgehead atoms. The maximum absolute atomic E-state index is 11.9. The molecule has 2 aromatic rings. The smallest absolute Gasteiger partial charge is 0.275 e. The number of carbonyl (C=O) groups is 1. The Kier molecular flexibility index (Phi) is 2.68. The van der Waals surface area contributed by atoms with Crippen molar-refractivity contribution in [2.24, 2.45) is 0 Å². The Labute approximate surface area is 92.9 Å². The van der Waals surface area contributed by atoms with Crippen molar-refractivity contribution in [2.45, 2.75) is 13.8 Å². The van der Waals surface area contributed by atoms with E-state index in [9.17, 15) is 4.79 Å². The Morgan fingerprint density at radius 3 is 2.81 bits per heavy atom. The predicted molar refractivity (Wildman–Crippen MR) is 60.3 cm³/mol. The molecular formula is C11H12N4O. The summed E-state index contributed by atoms with van der Waals surface area (Å²) in [7, 11) is 0. The number of aryl methyl sites for hydroxylation is 2. The zero-order chi connectivity index (χ0) is 11.5. The van der Waals surface area contributed by atoms with E-state index in [0.29, 0.717) is 11.5 Å². The van der Waals surface area contributed by atoms with E-state index < -0.39 is 0 Å². The van der Waals surface area contributed by atoms with Gasteiger partial charge in [-0.2, -0.15) is 5.10 Å². The average Bonchev–Trinajstić information content (AvgIpc) is 2.65. The van der Waals surface area contributed by atoms with Crippen LogP contribution in [0.3, 0.4) is 0 Å². The predicted octanol–water partition coefficient (Wildman–Crippen LogP) is 1.67. The topological polar surface area (TPSA) is 70.7 Å². The second kappa shape index (κ2) is 4.14. The van der Waals surface area contributed by atoms with Crippen LogP contribution in [0.2, 0.25) is 0 Å². The van der Waals surface area contributed by atoms with Crippen LogP contribution in [0, 0.1) is 13.8 Å². The minimum absolute atomic E-state index is 0.231. The molecular weight excluding hydrogens is 204 g/mol. The van der Waals surface area contributed by atoms with Gasteiger partial charge in [0.05, 0.1) is 6.20 Å². The van der Waals surface area contributed by atoms with Crippen LogP contribution in [0.15, 0.2) is 24.5 Å². The fourth-order valence-corrected chi connectivity index (χ4v) is 1.37. The highest BCUT2D eigenvalue weighted by atomic mass is 16.2. The minimum atomic E-state index is -0.231. The van der Waals surface area contributed by atoms with Crippen molar-refractivity contribution in [3.05, 3.63) is 41.3 Å². The number of amides is 1. The first kappa shape index (κ1) is 10.4. The molecule has 2 N–H and O–H groups in total. The lowest BCUT2D eigenvalue weighted by Gasteiger charge is -2.05. The third-order valence-corrected chi connectivity index (χ3v) is 2.29. The molecule has 5 nitrogen and oxygen atoms in total. The van der Waals surface area contributed by atoms with E-state index in [-0.39, 0.29) is 5.91 Å². The fourth-order valence-electron chi connectivity index (χ4n) is 1.37. The first-order valence-corrected chi connectivity index (χ1v) is 4.91. The second-order valence-corrected chi connectivity index (χ2v) is 3.55. The number of nitrogens with zero attached hydrogens (tertiary/aromatic N) is 2. The maximum atomic E-state index is 11.9. The van der Waals surface area contributed by atoms with Crippen LogP contribution in [0.1, 0.15) is 21.6 Å². The summed E-state index contributed by atoms with van der Waals surface area (Å²) in [5.41, 5.74) is 2.16. The molecule has 0 saturated heterocycles. The van der Waals surface area contributed by atoms with Gasteiger partial charge in [-0.3, -0.25) is 14.9 Å². The third kappa shape index (κ3) is 1.93. The molecule has 0 unspecified atom stereocenters. The summed E-state index contributed by atoms with van der Waals surface area (Å²) < 4.78 is 0. The molecule has 0 fully saturated rings. The lowest BCUT2D eigenvalue weighted by molar-refractivity contribution is 0.102. The van der Waals surface area contributed by atoms with Gasteiger partial charge in [0.15, 0.2) is 0 Å². The third-order valence-electron chi connectivity index (χ3n) is 2.29. The van der Waals surface area contributed by atoms with Crippen LogP contribution in [-0.4, -0.2) is 21.1 Å². The molecule has 2 aromatic heterocycles. The molecule has 0 spiro atoms. The molecule has 16 heavy (non-hydrogen) atoms. The Hall–Kier alpha value is -2.17. The highest BCUT2D eigenvalue weighted by molar-refractivity contribution is 6.03. The van der Waals surface area contributed by atoms with Gasteiger partial charge in [-0.05, 0) is 25.5 Å². The Bertz CT molecular complexity index is 518. The van der Waals surface area contributed by atoms with E-state index in [1.54, 1.807) is 18.5 Å². The molecule has 0 aliphatic carbocycles. The maximum Gasteiger partial charge on any atom is 0.275 e. The summed E-state index contributed by atoms with van der Waals surface area (Å²) in [6.07, 6.45) is 3.25. The molecule has 0 aliphatic heterocycles. The van der Waals surface area contributed by atoms with Gasteiger partial charge in [0.25, 0.3) is 5.91 Å². The zero-order valence-corrected chi connectivity index (χ0v) is 9.11. The van der Waals surface area contributed by atoms with Crippen molar-refractivity contribution in [1.29, 1.82) is 0 Å². The summed E-state index contributed by atoms with van der Waals surface area (Å²) in [6.45, 7) is 3.71. The van der Waals surface area contributed by atoms with Gasteiger partial charge in [-0.15, -0.1) is 0 Å². The molecule has 0 aromatic carbocycles. The van der Waals surface area contributed by atoms with E-state index in [1.165, 1.54) is 0 Å². The average molecular weight is 216 g/mol. The number of hydrogen-bond donors (Lipinski definition) is 2. The van der Waals surface area contributed by atoms with Crippen LogP contribution in [0.5, 0.6) is 0 Å². The first-order valence-electron chi connectivity index (χ1n) is 4.91. The molecule has 0 saturated carbocycles. The SMILES string of the molecule is Cc1cccnc1C(=O)Nc1[nH]ncc1C. The number of pyridine rings is 1. The van der Waals surface area contributed by atoms with Crippen LogP contribution in [0.25, 0.3) is 0 Å². The molecule has 1 amide bonds. The Morgan fingerprint density at radius 1 is 1.38 bits per heavy atom. The molecule has 0 aliphatic rings. The number of aromatic amines is 1. The minimum Gasteiger partial charge on any atom is -0.305 e. The Balaban J connectivity index is 2.22. The van der Waals surface area contributed by atoms with Gasteiger partial charge in [0.2, 0.25) is 0 Å². The quantitative estimate of drug-likeness (QED) is 0.802. The number of H-pyrrole nitrogens is 1. The van der Waals surface area contributed by atoms with Crippen LogP contribution in [0.4, 0.5) is 5.82 Å². The molecule has 0 radical (unpaired) electrons. The van der Waals surface area contributed by atoms with Crippen LogP contribution in [-0.2, 0) is 0 Å². The van der Waals surface area contributed by atoms with Gasteiger partial charge in [-0.25, -0.2) is 0 Å². The van der Waals surface area contributed by atoms with E-state index in [1.807, 2.05) is 19.9 Å². The summed E-state index contributed by atoms with van der Waals surface area (Å²) in [5, 5.41) is 9.27. The van der Waals surface area contributed by atoms with Crippen molar-refractivity contribution < 1.29 is 4.79 Å².